The molecule has 0 aromatic carbocycles. The number of amides is 3. The van der Waals surface area contributed by atoms with E-state index in [1.54, 1.807) is 0 Å². The number of carbonyl (C=O) groups is 3. The van der Waals surface area contributed by atoms with Crippen LogP contribution in [0.4, 0.5) is 0 Å². The highest BCUT2D eigenvalue weighted by atomic mass is 16.2. The lowest BCUT2D eigenvalue weighted by Crippen LogP contribution is -2.59. The van der Waals surface area contributed by atoms with Crippen LogP contribution in [-0.2, 0) is 14.4 Å². The van der Waals surface area contributed by atoms with E-state index in [0.29, 0.717) is 45.1 Å². The van der Waals surface area contributed by atoms with Crippen molar-refractivity contribution >= 4 is 17.7 Å². The molecule has 6 nitrogen and oxygen atoms in total. The molecule has 4 saturated carbocycles. The molecule has 4 bridgehead atoms. The van der Waals surface area contributed by atoms with Crippen molar-refractivity contribution in [3.05, 3.63) is 0 Å². The molecule has 2 heterocycles. The average Bonchev–Trinajstić information content (AvgIpc) is 3.08. The van der Waals surface area contributed by atoms with Crippen molar-refractivity contribution < 1.29 is 14.4 Å². The summed E-state index contributed by atoms with van der Waals surface area (Å²) in [5.41, 5.74) is -0.0867. The summed E-state index contributed by atoms with van der Waals surface area (Å²) in [5, 5.41) is 0. The normalized spacial score (nSPS) is 39.0. The van der Waals surface area contributed by atoms with Crippen molar-refractivity contribution in [3.63, 3.8) is 0 Å². The summed E-state index contributed by atoms with van der Waals surface area (Å²) < 4.78 is 0. The summed E-state index contributed by atoms with van der Waals surface area (Å²) in [6, 6.07) is 0.148. The Morgan fingerprint density at radius 3 is 1.90 bits per heavy atom. The second kappa shape index (κ2) is 6.98. The number of rotatable bonds is 3. The average molecular weight is 402 g/mol. The maximum Gasteiger partial charge on any atom is 0.228 e. The fourth-order valence-corrected chi connectivity index (χ4v) is 7.49. The zero-order valence-electron chi connectivity index (χ0n) is 17.9. The molecule has 1 atom stereocenters. The van der Waals surface area contributed by atoms with Gasteiger partial charge in [0.2, 0.25) is 17.7 Å². The summed E-state index contributed by atoms with van der Waals surface area (Å²) in [5.74, 6) is 2.68. The Morgan fingerprint density at radius 2 is 1.41 bits per heavy atom. The molecule has 6 aliphatic rings. The SMILES string of the molecule is CC(C)N1CC(C(=O)N2CCN(C(=O)C34CC5CC(CC(C5)C3)C4)CC2)CC1=O. The topological polar surface area (TPSA) is 60.9 Å². The van der Waals surface area contributed by atoms with Gasteiger partial charge < -0.3 is 14.7 Å². The van der Waals surface area contributed by atoms with E-state index in [2.05, 4.69) is 4.90 Å². The van der Waals surface area contributed by atoms with Gasteiger partial charge in [-0.3, -0.25) is 14.4 Å². The second-order valence-corrected chi connectivity index (χ2v) is 10.9. The molecule has 6 fully saturated rings. The summed E-state index contributed by atoms with van der Waals surface area (Å²) in [7, 11) is 0. The van der Waals surface area contributed by atoms with E-state index in [0.717, 1.165) is 37.0 Å². The first-order chi connectivity index (χ1) is 13.8. The first kappa shape index (κ1) is 19.4. The molecule has 4 aliphatic carbocycles. The predicted molar refractivity (Wildman–Crippen MR) is 109 cm³/mol. The first-order valence-electron chi connectivity index (χ1n) is 11.7. The first-order valence-corrected chi connectivity index (χ1v) is 11.7. The Labute approximate surface area is 174 Å². The van der Waals surface area contributed by atoms with E-state index in [4.69, 9.17) is 0 Å². The van der Waals surface area contributed by atoms with Gasteiger partial charge in [0.25, 0.3) is 0 Å². The number of hydrogen-bond acceptors (Lipinski definition) is 3. The third-order valence-corrected chi connectivity index (χ3v) is 8.50. The predicted octanol–water partition coefficient (Wildman–Crippen LogP) is 2.13. The van der Waals surface area contributed by atoms with Crippen molar-refractivity contribution in [2.75, 3.05) is 32.7 Å². The maximum atomic E-state index is 13.5. The zero-order chi connectivity index (χ0) is 20.3. The van der Waals surface area contributed by atoms with Gasteiger partial charge in [0.1, 0.15) is 0 Å². The van der Waals surface area contributed by atoms with Crippen molar-refractivity contribution in [2.24, 2.45) is 29.1 Å². The van der Waals surface area contributed by atoms with Gasteiger partial charge in [0, 0.05) is 45.2 Å². The highest BCUT2D eigenvalue weighted by Crippen LogP contribution is 2.60. The lowest BCUT2D eigenvalue weighted by molar-refractivity contribution is -0.161. The van der Waals surface area contributed by atoms with Crippen molar-refractivity contribution in [1.29, 1.82) is 0 Å². The minimum atomic E-state index is -0.213. The molecule has 160 valence electrons. The summed E-state index contributed by atoms with van der Waals surface area (Å²) >= 11 is 0. The van der Waals surface area contributed by atoms with Gasteiger partial charge in [0.15, 0.2) is 0 Å². The standard InChI is InChI=1S/C23H35N3O3/c1-15(2)26-14-19(10-20(26)27)21(28)24-3-5-25(6-4-24)22(29)23-11-16-7-17(12-23)9-18(8-16)13-23/h15-19H,3-14H2,1-2H3. The molecule has 29 heavy (non-hydrogen) atoms. The molecule has 2 aliphatic heterocycles. The molecule has 0 N–H and O–H groups in total. The minimum absolute atomic E-state index is 0.0867. The van der Waals surface area contributed by atoms with Crippen LogP contribution in [0.5, 0.6) is 0 Å². The van der Waals surface area contributed by atoms with Crippen LogP contribution in [0, 0.1) is 29.1 Å². The van der Waals surface area contributed by atoms with Crippen LogP contribution in [0.1, 0.15) is 58.8 Å². The number of piperazine rings is 1. The van der Waals surface area contributed by atoms with Crippen LogP contribution in [-0.4, -0.2) is 71.2 Å². The van der Waals surface area contributed by atoms with E-state index in [9.17, 15) is 14.4 Å². The lowest BCUT2D eigenvalue weighted by atomic mass is 9.49. The maximum absolute atomic E-state index is 13.5. The monoisotopic (exact) mass is 401 g/mol. The molecule has 0 aromatic rings. The van der Waals surface area contributed by atoms with Gasteiger partial charge in [-0.15, -0.1) is 0 Å². The Bertz CT molecular complexity index is 675. The van der Waals surface area contributed by atoms with E-state index < -0.39 is 0 Å². The number of carbonyl (C=O) groups excluding carboxylic acids is 3. The van der Waals surface area contributed by atoms with Crippen LogP contribution in [0.2, 0.25) is 0 Å². The van der Waals surface area contributed by atoms with Gasteiger partial charge in [-0.1, -0.05) is 0 Å². The van der Waals surface area contributed by atoms with Crippen LogP contribution in [0.3, 0.4) is 0 Å². The third kappa shape index (κ3) is 3.27. The molecule has 0 radical (unpaired) electrons. The highest BCUT2D eigenvalue weighted by Gasteiger charge is 2.55. The Morgan fingerprint density at radius 1 is 0.897 bits per heavy atom. The molecular weight excluding hydrogens is 366 g/mol. The van der Waals surface area contributed by atoms with Gasteiger partial charge >= 0.3 is 0 Å². The van der Waals surface area contributed by atoms with Crippen LogP contribution in [0.15, 0.2) is 0 Å². The van der Waals surface area contributed by atoms with Crippen molar-refractivity contribution in [1.82, 2.24) is 14.7 Å². The largest absolute Gasteiger partial charge is 0.339 e. The fourth-order valence-electron chi connectivity index (χ4n) is 7.49. The molecule has 3 amide bonds. The van der Waals surface area contributed by atoms with E-state index in [1.807, 2.05) is 23.6 Å². The van der Waals surface area contributed by atoms with E-state index in [1.165, 1.54) is 19.3 Å². The summed E-state index contributed by atoms with van der Waals surface area (Å²) in [4.78, 5) is 44.4. The van der Waals surface area contributed by atoms with Crippen LogP contribution < -0.4 is 0 Å². The minimum Gasteiger partial charge on any atom is -0.339 e. The number of nitrogens with zero attached hydrogens (tertiary/aromatic N) is 3. The van der Waals surface area contributed by atoms with E-state index in [-0.39, 0.29) is 29.2 Å². The fraction of sp³-hybridized carbons (Fsp3) is 0.870. The van der Waals surface area contributed by atoms with E-state index >= 15 is 0 Å². The quantitative estimate of drug-likeness (QED) is 0.728. The van der Waals surface area contributed by atoms with Crippen molar-refractivity contribution in [3.8, 4) is 0 Å². The Balaban J connectivity index is 1.18. The molecule has 0 spiro atoms. The van der Waals surface area contributed by atoms with Gasteiger partial charge in [-0.25, -0.2) is 0 Å². The second-order valence-electron chi connectivity index (χ2n) is 10.9. The van der Waals surface area contributed by atoms with Gasteiger partial charge in [0.05, 0.1) is 11.3 Å². The molecule has 6 rings (SSSR count). The molecular formula is C23H35N3O3. The smallest absolute Gasteiger partial charge is 0.228 e. The lowest BCUT2D eigenvalue weighted by Gasteiger charge is -2.57. The Kier molecular flexibility index (Phi) is 4.67. The molecule has 6 heteroatoms. The third-order valence-electron chi connectivity index (χ3n) is 8.50. The number of hydrogen-bond donors (Lipinski definition) is 0. The van der Waals surface area contributed by atoms with Gasteiger partial charge in [-0.05, 0) is 70.1 Å². The zero-order valence-corrected chi connectivity index (χ0v) is 17.9. The summed E-state index contributed by atoms with van der Waals surface area (Å²) in [6.07, 6.45) is 7.70. The Hall–Kier alpha value is -1.59. The molecule has 1 unspecified atom stereocenters. The molecule has 2 saturated heterocycles. The van der Waals surface area contributed by atoms with Crippen LogP contribution >= 0.6 is 0 Å². The number of likely N-dealkylation sites (tertiary alicyclic amines) is 1. The van der Waals surface area contributed by atoms with Crippen molar-refractivity contribution in [2.45, 2.75) is 64.8 Å². The summed E-state index contributed by atoms with van der Waals surface area (Å²) in [6.45, 7) is 7.08. The molecule has 0 aromatic heterocycles. The van der Waals surface area contributed by atoms with Crippen LogP contribution in [0.25, 0.3) is 0 Å². The van der Waals surface area contributed by atoms with Gasteiger partial charge in [-0.2, -0.15) is 0 Å². The highest BCUT2D eigenvalue weighted by molar-refractivity contribution is 5.89.